The van der Waals surface area contributed by atoms with Gasteiger partial charge in [-0.2, -0.15) is 0 Å². The van der Waals surface area contributed by atoms with Gasteiger partial charge < -0.3 is 14.8 Å². The van der Waals surface area contributed by atoms with Crippen molar-refractivity contribution in [2.45, 2.75) is 13.8 Å². The predicted octanol–water partition coefficient (Wildman–Crippen LogP) is 5.39. The van der Waals surface area contributed by atoms with Crippen molar-refractivity contribution in [1.29, 1.82) is 0 Å². The number of hydrogen-bond acceptors (Lipinski definition) is 3. The molecule has 3 aromatic carbocycles. The van der Waals surface area contributed by atoms with Crippen molar-refractivity contribution in [1.82, 2.24) is 4.57 Å². The first kappa shape index (κ1) is 20.1. The van der Waals surface area contributed by atoms with Crippen LogP contribution in [0.2, 0.25) is 0 Å². The molecule has 0 aliphatic carbocycles. The quantitative estimate of drug-likeness (QED) is 0.430. The van der Waals surface area contributed by atoms with Gasteiger partial charge in [0.1, 0.15) is 0 Å². The molecule has 2 N–H and O–H groups in total. The van der Waals surface area contributed by atoms with Crippen LogP contribution < -0.4 is 0 Å². The van der Waals surface area contributed by atoms with Crippen LogP contribution in [0.3, 0.4) is 0 Å². The van der Waals surface area contributed by atoms with Gasteiger partial charge in [0.2, 0.25) is 0 Å². The Morgan fingerprint density at radius 1 is 0.839 bits per heavy atom. The minimum atomic E-state index is -1.18. The van der Waals surface area contributed by atoms with E-state index in [9.17, 15) is 19.8 Å². The number of nitrogens with zero attached hydrogens (tertiary/aromatic N) is 2. The number of carboxylic acids is 2. The molecule has 0 unspecified atom stereocenters. The molecule has 0 aliphatic rings. The molecule has 0 radical (unpaired) electrons. The fourth-order valence-electron chi connectivity index (χ4n) is 3.70. The molecule has 0 atom stereocenters. The number of rotatable bonds is 5. The lowest BCUT2D eigenvalue weighted by Gasteiger charge is -2.12. The van der Waals surface area contributed by atoms with Crippen LogP contribution in [0.15, 0.2) is 71.7 Å². The van der Waals surface area contributed by atoms with Crippen molar-refractivity contribution in [2.75, 3.05) is 0 Å². The normalized spacial score (nSPS) is 11.3. The summed E-state index contributed by atoms with van der Waals surface area (Å²) < 4.78 is 1.83. The molecular formula is C25H20N2O4. The fraction of sp³-hybridized carbons (Fsp3) is 0.0800. The van der Waals surface area contributed by atoms with Crippen LogP contribution >= 0.6 is 0 Å². The van der Waals surface area contributed by atoms with Gasteiger partial charge in [-0.1, -0.05) is 30.3 Å². The summed E-state index contributed by atoms with van der Waals surface area (Å²) in [6.45, 7) is 3.77. The van der Waals surface area contributed by atoms with Crippen LogP contribution in [0.25, 0.3) is 16.5 Å². The zero-order chi connectivity index (χ0) is 22.1. The van der Waals surface area contributed by atoms with Gasteiger partial charge >= 0.3 is 11.9 Å². The standard InChI is InChI=1S/C25H20N2O4/c1-15-9-21(14-26-22-8-7-17-5-3-4-6-18(17)11-22)16(2)27(15)23-12-19(24(28)29)10-20(13-23)25(30)31/h3-14H,1-2H3,(H,28,29)(H,30,31). The summed E-state index contributed by atoms with van der Waals surface area (Å²) in [4.78, 5) is 27.5. The molecule has 0 aliphatic heterocycles. The highest BCUT2D eigenvalue weighted by molar-refractivity contribution is 5.95. The SMILES string of the molecule is Cc1cc(C=Nc2ccc3ccccc3c2)c(C)n1-c1cc(C(=O)O)cc(C(=O)O)c1. The molecule has 4 aromatic rings. The topological polar surface area (TPSA) is 91.9 Å². The number of aryl methyl sites for hydroxylation is 1. The number of carboxylic acid groups (broad SMARTS) is 2. The molecule has 154 valence electrons. The van der Waals surface area contributed by atoms with Crippen LogP contribution in [-0.4, -0.2) is 32.9 Å². The molecule has 0 bridgehead atoms. The van der Waals surface area contributed by atoms with E-state index >= 15 is 0 Å². The van der Waals surface area contributed by atoms with Crippen molar-refractivity contribution < 1.29 is 19.8 Å². The summed E-state index contributed by atoms with van der Waals surface area (Å²) in [5.74, 6) is -2.35. The minimum absolute atomic E-state index is 0.0752. The second kappa shape index (κ2) is 7.91. The Hall–Kier alpha value is -4.19. The van der Waals surface area contributed by atoms with Gasteiger partial charge in [0.15, 0.2) is 0 Å². The van der Waals surface area contributed by atoms with E-state index in [1.807, 2.05) is 66.9 Å². The summed E-state index contributed by atoms with van der Waals surface area (Å²) in [7, 11) is 0. The highest BCUT2D eigenvalue weighted by atomic mass is 16.4. The Morgan fingerprint density at radius 2 is 1.48 bits per heavy atom. The number of hydrogen-bond donors (Lipinski definition) is 2. The highest BCUT2D eigenvalue weighted by Gasteiger charge is 2.16. The van der Waals surface area contributed by atoms with E-state index in [-0.39, 0.29) is 11.1 Å². The maximum atomic E-state index is 11.5. The van der Waals surface area contributed by atoms with Crippen molar-refractivity contribution in [3.63, 3.8) is 0 Å². The van der Waals surface area contributed by atoms with Gasteiger partial charge in [0.25, 0.3) is 0 Å². The van der Waals surface area contributed by atoms with Crippen molar-refractivity contribution in [2.24, 2.45) is 4.99 Å². The maximum absolute atomic E-state index is 11.5. The van der Waals surface area contributed by atoms with Gasteiger partial charge in [-0.3, -0.25) is 4.99 Å². The second-order valence-electron chi connectivity index (χ2n) is 7.33. The molecule has 0 spiro atoms. The van der Waals surface area contributed by atoms with Crippen molar-refractivity contribution in [3.8, 4) is 5.69 Å². The number of fused-ring (bicyclic) bond motifs is 1. The highest BCUT2D eigenvalue weighted by Crippen LogP contribution is 2.24. The van der Waals surface area contributed by atoms with Gasteiger partial charge in [0.05, 0.1) is 16.8 Å². The molecular weight excluding hydrogens is 392 g/mol. The molecule has 0 fully saturated rings. The summed E-state index contributed by atoms with van der Waals surface area (Å²) >= 11 is 0. The van der Waals surface area contributed by atoms with Gasteiger partial charge in [-0.25, -0.2) is 9.59 Å². The van der Waals surface area contributed by atoms with Gasteiger partial charge in [-0.05, 0) is 61.0 Å². The molecule has 6 heteroatoms. The maximum Gasteiger partial charge on any atom is 0.335 e. The molecule has 0 amide bonds. The summed E-state index contributed by atoms with van der Waals surface area (Å²) in [6, 6.07) is 20.1. The number of aromatic carboxylic acids is 2. The first-order valence-electron chi connectivity index (χ1n) is 9.67. The van der Waals surface area contributed by atoms with Crippen molar-refractivity contribution in [3.05, 3.63) is 94.8 Å². The van der Waals surface area contributed by atoms with Crippen LogP contribution in [0.5, 0.6) is 0 Å². The summed E-state index contributed by atoms with van der Waals surface area (Å²) in [5.41, 5.74) is 3.70. The number of aliphatic imine (C=N–C) groups is 1. The molecule has 31 heavy (non-hydrogen) atoms. The monoisotopic (exact) mass is 412 g/mol. The van der Waals surface area contributed by atoms with E-state index in [1.165, 1.54) is 12.1 Å². The third-order valence-electron chi connectivity index (χ3n) is 5.23. The van der Waals surface area contributed by atoms with E-state index in [0.29, 0.717) is 5.69 Å². The number of aromatic nitrogens is 1. The molecule has 0 saturated heterocycles. The number of carbonyl (C=O) groups is 2. The van der Waals surface area contributed by atoms with E-state index < -0.39 is 11.9 Å². The predicted molar refractivity (Wildman–Crippen MR) is 120 cm³/mol. The van der Waals surface area contributed by atoms with Crippen LogP contribution in [0.4, 0.5) is 5.69 Å². The Kier molecular flexibility index (Phi) is 5.13. The minimum Gasteiger partial charge on any atom is -0.478 e. The summed E-state index contributed by atoms with van der Waals surface area (Å²) in [6.07, 6.45) is 1.77. The van der Waals surface area contributed by atoms with Gasteiger partial charge in [0, 0.05) is 28.9 Å². The first-order chi connectivity index (χ1) is 14.8. The van der Waals surface area contributed by atoms with E-state index in [0.717, 1.165) is 39.5 Å². The molecule has 4 rings (SSSR count). The van der Waals surface area contributed by atoms with Crippen LogP contribution in [0, 0.1) is 13.8 Å². The first-order valence-corrected chi connectivity index (χ1v) is 9.67. The Bertz CT molecular complexity index is 1330. The molecule has 6 nitrogen and oxygen atoms in total. The van der Waals surface area contributed by atoms with Gasteiger partial charge in [-0.15, -0.1) is 0 Å². The lowest BCUT2D eigenvalue weighted by molar-refractivity contribution is 0.0696. The third kappa shape index (κ3) is 3.96. The third-order valence-corrected chi connectivity index (χ3v) is 5.23. The second-order valence-corrected chi connectivity index (χ2v) is 7.33. The average Bonchev–Trinajstić information content (AvgIpc) is 3.04. The van der Waals surface area contributed by atoms with Crippen molar-refractivity contribution >= 4 is 34.6 Å². The zero-order valence-corrected chi connectivity index (χ0v) is 17.0. The van der Waals surface area contributed by atoms with Crippen LogP contribution in [-0.2, 0) is 0 Å². The van der Waals surface area contributed by atoms with E-state index in [4.69, 9.17) is 0 Å². The van der Waals surface area contributed by atoms with E-state index in [1.54, 1.807) is 6.21 Å². The Labute approximate surface area is 178 Å². The molecule has 1 aromatic heterocycles. The molecule has 0 saturated carbocycles. The molecule has 1 heterocycles. The number of benzene rings is 3. The zero-order valence-electron chi connectivity index (χ0n) is 17.0. The largest absolute Gasteiger partial charge is 0.478 e. The fourth-order valence-corrected chi connectivity index (χ4v) is 3.70. The Morgan fingerprint density at radius 3 is 2.13 bits per heavy atom. The van der Waals surface area contributed by atoms with Crippen LogP contribution in [0.1, 0.15) is 37.7 Å². The average molecular weight is 412 g/mol. The van der Waals surface area contributed by atoms with E-state index in [2.05, 4.69) is 4.99 Å². The summed E-state index contributed by atoms with van der Waals surface area (Å²) in [5, 5.41) is 21.0. The smallest absolute Gasteiger partial charge is 0.335 e. The lowest BCUT2D eigenvalue weighted by atomic mass is 10.1. The Balaban J connectivity index is 1.74. The lowest BCUT2D eigenvalue weighted by Crippen LogP contribution is -2.07.